The van der Waals surface area contributed by atoms with Crippen LogP contribution in [-0.2, 0) is 0 Å². The van der Waals surface area contributed by atoms with Crippen LogP contribution in [0.2, 0.25) is 0 Å². The number of rotatable bonds is 9. The predicted molar refractivity (Wildman–Crippen MR) is 93.3 cm³/mol. The summed E-state index contributed by atoms with van der Waals surface area (Å²) in [6.07, 6.45) is 8.30. The van der Waals surface area contributed by atoms with Crippen LogP contribution >= 0.6 is 0 Å². The minimum atomic E-state index is 0.392. The second kappa shape index (κ2) is 8.41. The summed E-state index contributed by atoms with van der Waals surface area (Å²) in [6.45, 7) is 21.0. The molecule has 20 heavy (non-hydrogen) atoms. The van der Waals surface area contributed by atoms with Crippen molar-refractivity contribution in [2.24, 2.45) is 16.2 Å². The molecular weight excluding hydrogens is 242 g/mol. The van der Waals surface area contributed by atoms with Crippen LogP contribution in [0.25, 0.3) is 0 Å². The zero-order valence-corrected chi connectivity index (χ0v) is 15.7. The molecule has 0 bridgehead atoms. The van der Waals surface area contributed by atoms with Crippen molar-refractivity contribution in [1.29, 1.82) is 0 Å². The Hall–Kier alpha value is -0.0400. The third-order valence-corrected chi connectivity index (χ3v) is 3.79. The summed E-state index contributed by atoms with van der Waals surface area (Å²) >= 11 is 0. The Labute approximate surface area is 129 Å². The molecule has 0 aliphatic carbocycles. The molecule has 0 saturated heterocycles. The monoisotopic (exact) mass is 283 g/mol. The number of unbranched alkanes of at least 4 members (excludes halogenated alkanes) is 3. The molecule has 0 heterocycles. The first-order valence-corrected chi connectivity index (χ1v) is 8.62. The van der Waals surface area contributed by atoms with Gasteiger partial charge in [-0.05, 0) is 29.1 Å². The van der Waals surface area contributed by atoms with Crippen LogP contribution in [0.15, 0.2) is 0 Å². The molecule has 0 saturated carbocycles. The highest BCUT2D eigenvalue weighted by atomic mass is 14.9. The quantitative estimate of drug-likeness (QED) is 0.509. The molecule has 0 aromatic carbocycles. The second-order valence-electron chi connectivity index (χ2n) is 9.80. The average molecular weight is 284 g/mol. The van der Waals surface area contributed by atoms with E-state index < -0.39 is 0 Å². The lowest BCUT2D eigenvalue weighted by Crippen LogP contribution is -2.34. The Morgan fingerprint density at radius 3 is 1.50 bits per heavy atom. The van der Waals surface area contributed by atoms with E-state index in [9.17, 15) is 0 Å². The van der Waals surface area contributed by atoms with Crippen LogP contribution in [0.4, 0.5) is 0 Å². The standard InChI is InChI=1S/C19H41N/c1-17(2,3)13-11-9-10-12-14-19(7,8)16-20-15-18(4,5)6/h20H,9-16H2,1-8H3. The molecule has 122 valence electrons. The van der Waals surface area contributed by atoms with Gasteiger partial charge < -0.3 is 5.32 Å². The van der Waals surface area contributed by atoms with E-state index in [1.54, 1.807) is 0 Å². The maximum absolute atomic E-state index is 3.64. The van der Waals surface area contributed by atoms with E-state index in [-0.39, 0.29) is 0 Å². The fourth-order valence-corrected chi connectivity index (χ4v) is 2.48. The first kappa shape index (κ1) is 20.0. The molecule has 1 nitrogen and oxygen atoms in total. The zero-order chi connectivity index (χ0) is 15.9. The van der Waals surface area contributed by atoms with Crippen LogP contribution < -0.4 is 5.32 Å². The van der Waals surface area contributed by atoms with Crippen molar-refractivity contribution in [3.8, 4) is 0 Å². The smallest absolute Gasteiger partial charge is 0.000274 e. The van der Waals surface area contributed by atoms with Gasteiger partial charge in [0, 0.05) is 13.1 Å². The maximum atomic E-state index is 3.64. The van der Waals surface area contributed by atoms with Gasteiger partial charge in [0.1, 0.15) is 0 Å². The molecule has 0 aromatic rings. The highest BCUT2D eigenvalue weighted by Gasteiger charge is 2.18. The molecule has 0 aliphatic rings. The van der Waals surface area contributed by atoms with E-state index in [0.717, 1.165) is 13.1 Å². The maximum Gasteiger partial charge on any atom is 0.000274 e. The average Bonchev–Trinajstić information content (AvgIpc) is 2.19. The number of nitrogens with one attached hydrogen (secondary N) is 1. The fraction of sp³-hybridized carbons (Fsp3) is 1.00. The van der Waals surface area contributed by atoms with Gasteiger partial charge >= 0.3 is 0 Å². The van der Waals surface area contributed by atoms with Gasteiger partial charge in [0.05, 0.1) is 0 Å². The Morgan fingerprint density at radius 2 is 1.05 bits per heavy atom. The third-order valence-electron chi connectivity index (χ3n) is 3.79. The van der Waals surface area contributed by atoms with E-state index in [1.165, 1.54) is 38.5 Å². The fourth-order valence-electron chi connectivity index (χ4n) is 2.48. The lowest BCUT2D eigenvalue weighted by Gasteiger charge is -2.28. The van der Waals surface area contributed by atoms with Crippen molar-refractivity contribution >= 4 is 0 Å². The highest BCUT2D eigenvalue weighted by molar-refractivity contribution is 4.74. The van der Waals surface area contributed by atoms with Gasteiger partial charge in [0.15, 0.2) is 0 Å². The molecule has 0 amide bonds. The normalized spacial score (nSPS) is 13.8. The van der Waals surface area contributed by atoms with Crippen LogP contribution in [-0.4, -0.2) is 13.1 Å². The molecule has 0 rings (SSSR count). The van der Waals surface area contributed by atoms with E-state index in [2.05, 4.69) is 60.7 Å². The molecular formula is C19H41N. The van der Waals surface area contributed by atoms with Gasteiger partial charge in [-0.1, -0.05) is 81.1 Å². The summed E-state index contributed by atoms with van der Waals surface area (Å²) in [7, 11) is 0. The first-order valence-electron chi connectivity index (χ1n) is 8.62. The molecule has 0 unspecified atom stereocenters. The van der Waals surface area contributed by atoms with Crippen molar-refractivity contribution in [2.75, 3.05) is 13.1 Å². The Kier molecular flexibility index (Phi) is 8.40. The molecule has 0 spiro atoms. The van der Waals surface area contributed by atoms with E-state index in [4.69, 9.17) is 0 Å². The Morgan fingerprint density at radius 1 is 0.550 bits per heavy atom. The minimum Gasteiger partial charge on any atom is -0.316 e. The van der Waals surface area contributed by atoms with Crippen molar-refractivity contribution in [1.82, 2.24) is 5.32 Å². The molecule has 0 atom stereocenters. The Balaban J connectivity index is 3.62. The SMILES string of the molecule is CC(C)(C)CCCCCCC(C)(C)CNCC(C)(C)C. The molecule has 0 radical (unpaired) electrons. The van der Waals surface area contributed by atoms with Crippen molar-refractivity contribution < 1.29 is 0 Å². The van der Waals surface area contributed by atoms with Gasteiger partial charge in [-0.15, -0.1) is 0 Å². The topological polar surface area (TPSA) is 12.0 Å². The van der Waals surface area contributed by atoms with Crippen LogP contribution in [0.3, 0.4) is 0 Å². The summed E-state index contributed by atoms with van der Waals surface area (Å²) in [4.78, 5) is 0. The molecule has 1 N–H and O–H groups in total. The van der Waals surface area contributed by atoms with E-state index in [0.29, 0.717) is 16.2 Å². The lowest BCUT2D eigenvalue weighted by molar-refractivity contribution is 0.274. The molecule has 1 heteroatoms. The van der Waals surface area contributed by atoms with Gasteiger partial charge in [-0.25, -0.2) is 0 Å². The molecule has 0 fully saturated rings. The zero-order valence-electron chi connectivity index (χ0n) is 15.7. The summed E-state index contributed by atoms with van der Waals surface area (Å²) in [6, 6.07) is 0. The lowest BCUT2D eigenvalue weighted by atomic mass is 9.85. The van der Waals surface area contributed by atoms with Crippen molar-refractivity contribution in [2.45, 2.75) is 93.9 Å². The Bertz CT molecular complexity index is 239. The first-order chi connectivity index (χ1) is 8.91. The predicted octanol–water partition coefficient (Wildman–Crippen LogP) is 6.04. The molecule has 0 aromatic heterocycles. The van der Waals surface area contributed by atoms with Crippen LogP contribution in [0, 0.1) is 16.2 Å². The van der Waals surface area contributed by atoms with Gasteiger partial charge in [0.25, 0.3) is 0 Å². The number of hydrogen-bond acceptors (Lipinski definition) is 1. The van der Waals surface area contributed by atoms with Gasteiger partial charge in [-0.2, -0.15) is 0 Å². The highest BCUT2D eigenvalue weighted by Crippen LogP contribution is 2.25. The van der Waals surface area contributed by atoms with Gasteiger partial charge in [0.2, 0.25) is 0 Å². The summed E-state index contributed by atoms with van der Waals surface area (Å²) in [5, 5.41) is 3.64. The van der Waals surface area contributed by atoms with E-state index in [1.807, 2.05) is 0 Å². The van der Waals surface area contributed by atoms with Crippen LogP contribution in [0.5, 0.6) is 0 Å². The van der Waals surface area contributed by atoms with Crippen molar-refractivity contribution in [3.63, 3.8) is 0 Å². The van der Waals surface area contributed by atoms with Crippen molar-refractivity contribution in [3.05, 3.63) is 0 Å². The summed E-state index contributed by atoms with van der Waals surface area (Å²) in [5.74, 6) is 0. The summed E-state index contributed by atoms with van der Waals surface area (Å²) < 4.78 is 0. The number of hydrogen-bond donors (Lipinski definition) is 1. The third kappa shape index (κ3) is 14.4. The second-order valence-corrected chi connectivity index (χ2v) is 9.80. The molecule has 0 aliphatic heterocycles. The van der Waals surface area contributed by atoms with Gasteiger partial charge in [-0.3, -0.25) is 0 Å². The minimum absolute atomic E-state index is 0.392. The van der Waals surface area contributed by atoms with E-state index >= 15 is 0 Å². The summed E-state index contributed by atoms with van der Waals surface area (Å²) in [5.41, 5.74) is 1.34. The largest absolute Gasteiger partial charge is 0.316 e. The van der Waals surface area contributed by atoms with Crippen LogP contribution in [0.1, 0.15) is 93.9 Å².